The van der Waals surface area contributed by atoms with Gasteiger partial charge < -0.3 is 15.2 Å². The van der Waals surface area contributed by atoms with Gasteiger partial charge in [0.15, 0.2) is 11.5 Å². The lowest BCUT2D eigenvalue weighted by Crippen LogP contribution is -2.48. The molecule has 0 saturated heterocycles. The molecule has 2 aromatic carbocycles. The Labute approximate surface area is 162 Å². The zero-order chi connectivity index (χ0) is 20.7. The third kappa shape index (κ3) is 5.29. The normalized spacial score (nSPS) is 12.0. The number of nitrogens with zero attached hydrogens (tertiary/aromatic N) is 1. The van der Waals surface area contributed by atoms with Crippen LogP contribution in [0.1, 0.15) is 29.8 Å². The highest BCUT2D eigenvalue weighted by atomic mass is 19.1. The van der Waals surface area contributed by atoms with Crippen LogP contribution in [0.3, 0.4) is 0 Å². The second-order valence-corrected chi connectivity index (χ2v) is 6.33. The number of hydrogen-bond donors (Lipinski definition) is 3. The quantitative estimate of drug-likeness (QED) is 0.502. The van der Waals surface area contributed by atoms with E-state index in [4.69, 9.17) is 4.74 Å². The van der Waals surface area contributed by atoms with Crippen LogP contribution < -0.4 is 15.5 Å². The topological polar surface area (TPSA) is 100 Å². The van der Waals surface area contributed by atoms with Crippen LogP contribution >= 0.6 is 0 Å². The van der Waals surface area contributed by atoms with Crippen LogP contribution in [0, 0.1) is 11.7 Å². The zero-order valence-corrected chi connectivity index (χ0v) is 15.8. The molecule has 7 nitrogen and oxygen atoms in total. The van der Waals surface area contributed by atoms with Crippen molar-refractivity contribution >= 4 is 18.0 Å². The number of methoxy groups -OCH3 is 1. The first-order valence-corrected chi connectivity index (χ1v) is 8.58. The summed E-state index contributed by atoms with van der Waals surface area (Å²) in [6.07, 6.45) is 1.27. The fraction of sp³-hybridized carbons (Fsp3) is 0.250. The first-order chi connectivity index (χ1) is 13.3. The van der Waals surface area contributed by atoms with Crippen LogP contribution in [-0.2, 0) is 4.79 Å². The maximum Gasteiger partial charge on any atom is 0.262 e. The Morgan fingerprint density at radius 3 is 2.46 bits per heavy atom. The van der Waals surface area contributed by atoms with Crippen molar-refractivity contribution in [2.45, 2.75) is 19.9 Å². The average Bonchev–Trinajstić information content (AvgIpc) is 2.67. The van der Waals surface area contributed by atoms with Crippen LogP contribution in [0.5, 0.6) is 11.5 Å². The van der Waals surface area contributed by atoms with Crippen molar-refractivity contribution in [3.8, 4) is 11.5 Å². The van der Waals surface area contributed by atoms with E-state index in [1.807, 2.05) is 0 Å². The Hall–Kier alpha value is -3.42. The minimum atomic E-state index is -0.853. The van der Waals surface area contributed by atoms with E-state index in [-0.39, 0.29) is 23.0 Å². The molecular formula is C20H22FN3O4. The molecule has 1 atom stereocenters. The van der Waals surface area contributed by atoms with Gasteiger partial charge >= 0.3 is 0 Å². The number of rotatable bonds is 7. The summed E-state index contributed by atoms with van der Waals surface area (Å²) in [5.41, 5.74) is 2.94. The van der Waals surface area contributed by atoms with Crippen LogP contribution in [0.4, 0.5) is 4.39 Å². The highest BCUT2D eigenvalue weighted by Crippen LogP contribution is 2.27. The minimum Gasteiger partial charge on any atom is -0.504 e. The lowest BCUT2D eigenvalue weighted by Gasteiger charge is -2.20. The molecule has 0 aliphatic heterocycles. The summed E-state index contributed by atoms with van der Waals surface area (Å²) in [7, 11) is 1.43. The highest BCUT2D eigenvalue weighted by Gasteiger charge is 2.24. The van der Waals surface area contributed by atoms with Crippen molar-refractivity contribution in [1.29, 1.82) is 0 Å². The Kier molecular flexibility index (Phi) is 7.08. The maximum absolute atomic E-state index is 13.0. The van der Waals surface area contributed by atoms with E-state index < -0.39 is 23.7 Å². The summed E-state index contributed by atoms with van der Waals surface area (Å²) in [6.45, 7) is 3.54. The molecule has 0 spiro atoms. The fourth-order valence-corrected chi connectivity index (χ4v) is 2.40. The van der Waals surface area contributed by atoms with E-state index in [2.05, 4.69) is 15.8 Å². The third-order valence-electron chi connectivity index (χ3n) is 3.97. The Morgan fingerprint density at radius 1 is 1.18 bits per heavy atom. The van der Waals surface area contributed by atoms with Crippen LogP contribution in [0.25, 0.3) is 0 Å². The summed E-state index contributed by atoms with van der Waals surface area (Å²) >= 11 is 0. The SMILES string of the molecule is COc1cccc(/C=N/NC(=O)C(NC(=O)c2ccc(F)cc2)C(C)C)c1O. The van der Waals surface area contributed by atoms with E-state index in [1.165, 1.54) is 37.6 Å². The molecule has 0 aliphatic carbocycles. The number of para-hydroxylation sites is 1. The Bertz CT molecular complexity index is 866. The number of hydrazone groups is 1. The summed E-state index contributed by atoms with van der Waals surface area (Å²) in [6, 6.07) is 9.02. The van der Waals surface area contributed by atoms with Gasteiger partial charge in [0.05, 0.1) is 13.3 Å². The molecule has 1 unspecified atom stereocenters. The number of ether oxygens (including phenoxy) is 1. The largest absolute Gasteiger partial charge is 0.504 e. The highest BCUT2D eigenvalue weighted by molar-refractivity contribution is 5.97. The van der Waals surface area contributed by atoms with Crippen molar-refractivity contribution in [3.05, 3.63) is 59.4 Å². The Morgan fingerprint density at radius 2 is 1.86 bits per heavy atom. The molecule has 0 heterocycles. The second-order valence-electron chi connectivity index (χ2n) is 6.33. The number of aromatic hydroxyl groups is 1. The van der Waals surface area contributed by atoms with Crippen LogP contribution in [0.15, 0.2) is 47.6 Å². The van der Waals surface area contributed by atoms with Crippen molar-refractivity contribution in [2.24, 2.45) is 11.0 Å². The van der Waals surface area contributed by atoms with Gasteiger partial charge in [-0.3, -0.25) is 9.59 Å². The smallest absolute Gasteiger partial charge is 0.262 e. The van der Waals surface area contributed by atoms with E-state index >= 15 is 0 Å². The first kappa shape index (κ1) is 20.9. The average molecular weight is 387 g/mol. The lowest BCUT2D eigenvalue weighted by atomic mass is 10.0. The molecule has 0 aromatic heterocycles. The number of carbonyl (C=O) groups excluding carboxylic acids is 2. The molecule has 0 fully saturated rings. The maximum atomic E-state index is 13.0. The molecule has 0 aliphatic rings. The molecule has 3 N–H and O–H groups in total. The van der Waals surface area contributed by atoms with E-state index in [9.17, 15) is 19.1 Å². The van der Waals surface area contributed by atoms with Crippen molar-refractivity contribution in [1.82, 2.24) is 10.7 Å². The van der Waals surface area contributed by atoms with Crippen molar-refractivity contribution < 1.29 is 23.8 Å². The van der Waals surface area contributed by atoms with Gasteiger partial charge in [0, 0.05) is 11.1 Å². The standard InChI is InChI=1S/C20H22FN3O4/c1-12(2)17(23-19(26)13-7-9-15(21)10-8-13)20(27)24-22-11-14-5-4-6-16(28-3)18(14)25/h4-12,17,25H,1-3H3,(H,23,26)(H,24,27)/b22-11+. The molecule has 0 radical (unpaired) electrons. The van der Waals surface area contributed by atoms with Gasteiger partial charge in [0.1, 0.15) is 11.9 Å². The van der Waals surface area contributed by atoms with Crippen molar-refractivity contribution in [2.75, 3.05) is 7.11 Å². The molecular weight excluding hydrogens is 365 g/mol. The van der Waals surface area contributed by atoms with Gasteiger partial charge in [0.25, 0.3) is 11.8 Å². The number of carbonyl (C=O) groups is 2. The predicted octanol–water partition coefficient (Wildman–Crippen LogP) is 2.44. The number of benzene rings is 2. The summed E-state index contributed by atoms with van der Waals surface area (Å²) < 4.78 is 18.0. The number of amides is 2. The number of hydrogen-bond acceptors (Lipinski definition) is 5. The lowest BCUT2D eigenvalue weighted by molar-refractivity contribution is -0.123. The summed E-state index contributed by atoms with van der Waals surface area (Å²) in [5, 5.41) is 16.4. The van der Waals surface area contributed by atoms with Gasteiger partial charge in [-0.1, -0.05) is 19.9 Å². The monoisotopic (exact) mass is 387 g/mol. The van der Waals surface area contributed by atoms with E-state index in [0.717, 1.165) is 0 Å². The molecule has 2 rings (SSSR count). The Balaban J connectivity index is 2.05. The molecule has 2 amide bonds. The molecule has 0 saturated carbocycles. The van der Waals surface area contributed by atoms with E-state index in [0.29, 0.717) is 5.56 Å². The summed E-state index contributed by atoms with van der Waals surface area (Å²) in [5.74, 6) is -1.52. The molecule has 8 heteroatoms. The molecule has 28 heavy (non-hydrogen) atoms. The predicted molar refractivity (Wildman–Crippen MR) is 103 cm³/mol. The van der Waals surface area contributed by atoms with Gasteiger partial charge in [0.2, 0.25) is 0 Å². The molecule has 2 aromatic rings. The second kappa shape index (κ2) is 9.50. The van der Waals surface area contributed by atoms with Gasteiger partial charge in [-0.2, -0.15) is 5.10 Å². The number of phenolic OH excluding ortho intramolecular Hbond substituents is 1. The molecule has 148 valence electrons. The van der Waals surface area contributed by atoms with Gasteiger partial charge in [-0.25, -0.2) is 9.82 Å². The first-order valence-electron chi connectivity index (χ1n) is 8.58. The number of phenols is 1. The third-order valence-corrected chi connectivity index (χ3v) is 3.97. The van der Waals surface area contributed by atoms with Crippen molar-refractivity contribution in [3.63, 3.8) is 0 Å². The minimum absolute atomic E-state index is 0.104. The van der Waals surface area contributed by atoms with Crippen LogP contribution in [-0.4, -0.2) is 36.3 Å². The van der Waals surface area contributed by atoms with Gasteiger partial charge in [-0.15, -0.1) is 0 Å². The summed E-state index contributed by atoms with van der Waals surface area (Å²) in [4.78, 5) is 24.7. The van der Waals surface area contributed by atoms with Gasteiger partial charge in [-0.05, 0) is 42.3 Å². The fourth-order valence-electron chi connectivity index (χ4n) is 2.40. The number of nitrogens with one attached hydrogen (secondary N) is 2. The molecule has 0 bridgehead atoms. The van der Waals surface area contributed by atoms with E-state index in [1.54, 1.807) is 32.0 Å². The number of halogens is 1. The zero-order valence-electron chi connectivity index (χ0n) is 15.8. The van der Waals surface area contributed by atoms with Crippen LogP contribution in [0.2, 0.25) is 0 Å².